The van der Waals surface area contributed by atoms with Crippen LogP contribution in [0.2, 0.25) is 0 Å². The van der Waals surface area contributed by atoms with E-state index in [0.717, 1.165) is 18.7 Å². The Kier molecular flexibility index (Phi) is 5.08. The van der Waals surface area contributed by atoms with Crippen molar-refractivity contribution >= 4 is 17.4 Å². The zero-order valence-electron chi connectivity index (χ0n) is 12.6. The van der Waals surface area contributed by atoms with Gasteiger partial charge in [0.2, 0.25) is 5.88 Å². The lowest BCUT2D eigenvalue weighted by atomic mass is 9.77. The zero-order valence-corrected chi connectivity index (χ0v) is 13.3. The van der Waals surface area contributed by atoms with Gasteiger partial charge in [-0.15, -0.1) is 11.6 Å². The van der Waals surface area contributed by atoms with E-state index in [1.165, 1.54) is 12.8 Å². The van der Waals surface area contributed by atoms with Gasteiger partial charge in [-0.3, -0.25) is 0 Å². The molecule has 1 aliphatic rings. The number of hydrogen-bond acceptors (Lipinski definition) is 4. The van der Waals surface area contributed by atoms with Crippen LogP contribution in [0, 0.1) is 12.8 Å². The van der Waals surface area contributed by atoms with Crippen molar-refractivity contribution in [2.24, 2.45) is 5.92 Å². The summed E-state index contributed by atoms with van der Waals surface area (Å²) in [6.45, 7) is 6.73. The van der Waals surface area contributed by atoms with Gasteiger partial charge in [0.1, 0.15) is 11.6 Å². The Morgan fingerprint density at radius 1 is 1.50 bits per heavy atom. The van der Waals surface area contributed by atoms with Crippen molar-refractivity contribution in [1.82, 2.24) is 9.97 Å². The van der Waals surface area contributed by atoms with Gasteiger partial charge in [-0.2, -0.15) is 4.98 Å². The first-order valence-electron chi connectivity index (χ1n) is 7.39. The summed E-state index contributed by atoms with van der Waals surface area (Å²) >= 11 is 6.26. The van der Waals surface area contributed by atoms with Gasteiger partial charge in [-0.1, -0.05) is 19.8 Å². The van der Waals surface area contributed by atoms with Crippen molar-refractivity contribution in [2.45, 2.75) is 52.0 Å². The van der Waals surface area contributed by atoms with Crippen LogP contribution in [0.1, 0.15) is 45.4 Å². The summed E-state index contributed by atoms with van der Waals surface area (Å²) in [5.41, 5.74) is -0.0521. The molecule has 20 heavy (non-hydrogen) atoms. The molecule has 0 aromatic carbocycles. The van der Waals surface area contributed by atoms with E-state index in [4.69, 9.17) is 16.3 Å². The van der Waals surface area contributed by atoms with Gasteiger partial charge in [0, 0.05) is 11.9 Å². The van der Waals surface area contributed by atoms with Gasteiger partial charge >= 0.3 is 0 Å². The lowest BCUT2D eigenvalue weighted by Crippen LogP contribution is -2.44. The second-order valence-electron chi connectivity index (χ2n) is 5.81. The topological polar surface area (TPSA) is 47.0 Å². The summed E-state index contributed by atoms with van der Waals surface area (Å²) in [4.78, 5) is 8.74. The first-order valence-corrected chi connectivity index (χ1v) is 7.93. The van der Waals surface area contributed by atoms with E-state index in [9.17, 15) is 0 Å². The van der Waals surface area contributed by atoms with E-state index in [-0.39, 0.29) is 5.54 Å². The molecule has 1 aromatic heterocycles. The number of halogens is 1. The molecule has 2 atom stereocenters. The fourth-order valence-corrected chi connectivity index (χ4v) is 3.34. The number of nitrogens with one attached hydrogen (secondary N) is 1. The summed E-state index contributed by atoms with van der Waals surface area (Å²) in [6.07, 6.45) is 4.67. The first kappa shape index (κ1) is 15.4. The van der Waals surface area contributed by atoms with E-state index in [1.54, 1.807) is 0 Å². The maximum Gasteiger partial charge on any atom is 0.218 e. The highest BCUT2D eigenvalue weighted by Gasteiger charge is 2.34. The Bertz CT molecular complexity index is 455. The third-order valence-corrected chi connectivity index (χ3v) is 4.36. The molecule has 0 saturated heterocycles. The van der Waals surface area contributed by atoms with Crippen molar-refractivity contribution < 1.29 is 4.74 Å². The van der Waals surface area contributed by atoms with Crippen LogP contribution in [-0.4, -0.2) is 28.0 Å². The van der Waals surface area contributed by atoms with Gasteiger partial charge in [0.25, 0.3) is 0 Å². The monoisotopic (exact) mass is 297 g/mol. The van der Waals surface area contributed by atoms with E-state index >= 15 is 0 Å². The molecular weight excluding hydrogens is 274 g/mol. The fraction of sp³-hybridized carbons (Fsp3) is 0.733. The van der Waals surface area contributed by atoms with Crippen LogP contribution in [0.4, 0.5) is 5.82 Å². The SMILES string of the molecule is CCOc1cc(NC2(CCl)CCCC(C)C2)nc(C)n1. The second-order valence-corrected chi connectivity index (χ2v) is 6.08. The summed E-state index contributed by atoms with van der Waals surface area (Å²) in [5.74, 6) is 3.45. The third-order valence-electron chi connectivity index (χ3n) is 3.85. The van der Waals surface area contributed by atoms with Gasteiger partial charge in [-0.05, 0) is 32.6 Å². The molecule has 0 spiro atoms. The van der Waals surface area contributed by atoms with Gasteiger partial charge in [0.05, 0.1) is 12.1 Å². The highest BCUT2D eigenvalue weighted by atomic mass is 35.5. The maximum atomic E-state index is 6.26. The smallest absolute Gasteiger partial charge is 0.218 e. The molecular formula is C15H24ClN3O. The molecule has 112 valence electrons. The number of anilines is 1. The third kappa shape index (κ3) is 3.75. The Balaban J connectivity index is 2.18. The highest BCUT2D eigenvalue weighted by molar-refractivity contribution is 6.18. The number of rotatable bonds is 5. The van der Waals surface area contributed by atoms with E-state index < -0.39 is 0 Å². The Morgan fingerprint density at radius 2 is 2.30 bits per heavy atom. The van der Waals surface area contributed by atoms with Crippen LogP contribution in [-0.2, 0) is 0 Å². The number of ether oxygens (including phenoxy) is 1. The lowest BCUT2D eigenvalue weighted by Gasteiger charge is -2.39. The van der Waals surface area contributed by atoms with Crippen LogP contribution in [0.3, 0.4) is 0 Å². The Hall–Kier alpha value is -1.03. The second kappa shape index (κ2) is 6.61. The predicted octanol–water partition coefficient (Wildman–Crippen LogP) is 3.78. The van der Waals surface area contributed by atoms with Crippen molar-refractivity contribution in [2.75, 3.05) is 17.8 Å². The summed E-state index contributed by atoms with van der Waals surface area (Å²) < 4.78 is 5.48. The molecule has 1 fully saturated rings. The molecule has 0 amide bonds. The van der Waals surface area contributed by atoms with Crippen molar-refractivity contribution in [3.63, 3.8) is 0 Å². The first-order chi connectivity index (χ1) is 9.57. The number of alkyl halides is 1. The minimum atomic E-state index is -0.0521. The molecule has 1 aliphatic carbocycles. The number of hydrogen-bond donors (Lipinski definition) is 1. The van der Waals surface area contributed by atoms with Gasteiger partial charge in [-0.25, -0.2) is 4.98 Å². The largest absolute Gasteiger partial charge is 0.478 e. The van der Waals surface area contributed by atoms with Crippen LogP contribution < -0.4 is 10.1 Å². The van der Waals surface area contributed by atoms with Gasteiger partial charge in [0.15, 0.2) is 0 Å². The summed E-state index contributed by atoms with van der Waals surface area (Å²) in [6, 6.07) is 1.87. The Morgan fingerprint density at radius 3 is 2.95 bits per heavy atom. The van der Waals surface area contributed by atoms with Crippen LogP contribution >= 0.6 is 11.6 Å². The van der Waals surface area contributed by atoms with Crippen LogP contribution in [0.5, 0.6) is 5.88 Å². The van der Waals surface area contributed by atoms with Crippen molar-refractivity contribution in [3.05, 3.63) is 11.9 Å². The molecule has 0 bridgehead atoms. The minimum Gasteiger partial charge on any atom is -0.478 e. The van der Waals surface area contributed by atoms with Crippen LogP contribution in [0.25, 0.3) is 0 Å². The lowest BCUT2D eigenvalue weighted by molar-refractivity contribution is 0.278. The van der Waals surface area contributed by atoms with Crippen molar-refractivity contribution in [1.29, 1.82) is 0 Å². The molecule has 1 saturated carbocycles. The molecule has 2 rings (SSSR count). The Labute approximate surface area is 126 Å². The summed E-state index contributed by atoms with van der Waals surface area (Å²) in [7, 11) is 0. The molecule has 5 heteroatoms. The maximum absolute atomic E-state index is 6.26. The molecule has 0 aliphatic heterocycles. The minimum absolute atomic E-state index is 0.0521. The number of aromatic nitrogens is 2. The number of nitrogens with zero attached hydrogens (tertiary/aromatic N) is 2. The average Bonchev–Trinajstić information content (AvgIpc) is 2.38. The predicted molar refractivity (Wildman–Crippen MR) is 82.6 cm³/mol. The van der Waals surface area contributed by atoms with Crippen LogP contribution in [0.15, 0.2) is 6.07 Å². The quantitative estimate of drug-likeness (QED) is 0.840. The zero-order chi connectivity index (χ0) is 14.6. The van der Waals surface area contributed by atoms with E-state index in [1.807, 2.05) is 19.9 Å². The standard InChI is InChI=1S/C15H24ClN3O/c1-4-20-14-8-13(17-12(3)18-14)19-15(10-16)7-5-6-11(2)9-15/h8,11H,4-7,9-10H2,1-3H3,(H,17,18,19). The fourth-order valence-electron chi connectivity index (χ4n) is 3.03. The molecule has 4 nitrogen and oxygen atoms in total. The summed E-state index contributed by atoms with van der Waals surface area (Å²) in [5, 5.41) is 3.55. The molecule has 0 radical (unpaired) electrons. The molecule has 1 heterocycles. The highest BCUT2D eigenvalue weighted by Crippen LogP contribution is 2.35. The normalized spacial score (nSPS) is 26.3. The van der Waals surface area contributed by atoms with Crippen molar-refractivity contribution in [3.8, 4) is 5.88 Å². The molecule has 1 N–H and O–H groups in total. The molecule has 1 aromatic rings. The van der Waals surface area contributed by atoms with Gasteiger partial charge < -0.3 is 10.1 Å². The van der Waals surface area contributed by atoms with E-state index in [0.29, 0.717) is 30.1 Å². The number of aryl methyl sites for hydroxylation is 1. The molecule has 2 unspecified atom stereocenters. The van der Waals surface area contributed by atoms with E-state index in [2.05, 4.69) is 22.2 Å². The average molecular weight is 298 g/mol.